The zero-order chi connectivity index (χ0) is 26.2. The summed E-state index contributed by atoms with van der Waals surface area (Å²) in [6.45, 7) is 2.60. The Labute approximate surface area is 209 Å². The van der Waals surface area contributed by atoms with Gasteiger partial charge in [-0.05, 0) is 48.7 Å². The van der Waals surface area contributed by atoms with Crippen LogP contribution in [0.25, 0.3) is 11.1 Å². The number of nitrogens with one attached hydrogen (secondary N) is 2. The molecule has 2 aromatic heterocycles. The molecule has 3 N–H and O–H groups in total. The molecule has 0 spiro atoms. The lowest BCUT2D eigenvalue weighted by Crippen LogP contribution is -2.27. The first-order valence-corrected chi connectivity index (χ1v) is 11.1. The second-order valence-corrected chi connectivity index (χ2v) is 7.99. The van der Waals surface area contributed by atoms with Crippen LogP contribution in [0, 0.1) is 12.8 Å². The fourth-order valence-electron chi connectivity index (χ4n) is 3.89. The molecule has 3 aromatic rings. The van der Waals surface area contributed by atoms with Crippen LogP contribution >= 0.6 is 0 Å². The molecule has 5 rings (SSSR count). The fraction of sp³-hybridized carbons (Fsp3) is 0.185. The van der Waals surface area contributed by atoms with Crippen molar-refractivity contribution in [1.82, 2.24) is 25.1 Å². The second kappa shape index (κ2) is 11.5. The first kappa shape index (κ1) is 25.8. The molecule has 1 saturated heterocycles. The zero-order valence-corrected chi connectivity index (χ0v) is 20.0. The van der Waals surface area contributed by atoms with E-state index in [0.29, 0.717) is 18.5 Å². The predicted octanol–water partition coefficient (Wildman–Crippen LogP) is 3.12. The quantitative estimate of drug-likeness (QED) is 0.298. The van der Waals surface area contributed by atoms with Gasteiger partial charge in [-0.3, -0.25) is 14.9 Å². The van der Waals surface area contributed by atoms with Gasteiger partial charge in [0, 0.05) is 30.9 Å². The number of hydrogen-bond acceptors (Lipinski definition) is 5. The van der Waals surface area contributed by atoms with E-state index in [9.17, 15) is 14.4 Å². The van der Waals surface area contributed by atoms with E-state index >= 15 is 0 Å². The zero-order valence-electron chi connectivity index (χ0n) is 20.0. The molecule has 184 valence electrons. The summed E-state index contributed by atoms with van der Waals surface area (Å²) in [6, 6.07) is 9.87. The van der Waals surface area contributed by atoms with Crippen LogP contribution in [0.3, 0.4) is 0 Å². The van der Waals surface area contributed by atoms with Crippen molar-refractivity contribution in [2.24, 2.45) is 0 Å². The standard InChI is InChI=1S/C16H16N4O2.C9H9NO2.C2H2/c1-2-11(6-5-7-13-15(21)19-16(22)18-13)12-10-17-20-9-4-3-8-14(12)20;1-10-5-6-2-3-7(11)4-8(6)9(10)12;1-2/h2-6,8-10,13H,7H2,1H3,(H2,18,19,21,22);2-4,11H,5H2,1H3;1-2H/b6-5-,11-2+;;. The Kier molecular flexibility index (Phi) is 8.26. The number of hydrogen-bond donors (Lipinski definition) is 3. The Balaban J connectivity index is 0.000000217. The van der Waals surface area contributed by atoms with E-state index in [1.54, 1.807) is 24.1 Å². The summed E-state index contributed by atoms with van der Waals surface area (Å²) in [5.41, 5.74) is 4.68. The van der Waals surface area contributed by atoms with Gasteiger partial charge in [-0.15, -0.1) is 12.8 Å². The van der Waals surface area contributed by atoms with Crippen molar-refractivity contribution < 1.29 is 19.5 Å². The van der Waals surface area contributed by atoms with Crippen molar-refractivity contribution in [1.29, 1.82) is 0 Å². The summed E-state index contributed by atoms with van der Waals surface area (Å²) in [5.74, 6) is -0.147. The van der Waals surface area contributed by atoms with E-state index in [4.69, 9.17) is 5.11 Å². The van der Waals surface area contributed by atoms with Crippen LogP contribution in [0.2, 0.25) is 0 Å². The minimum atomic E-state index is -0.495. The number of imide groups is 1. The number of terminal acetylenes is 1. The molecular weight excluding hydrogens is 458 g/mol. The van der Waals surface area contributed by atoms with Crippen LogP contribution in [0.4, 0.5) is 4.79 Å². The number of phenols is 1. The molecule has 4 amide bonds. The molecule has 0 aliphatic carbocycles. The summed E-state index contributed by atoms with van der Waals surface area (Å²) in [6.07, 6.45) is 18.0. The van der Waals surface area contributed by atoms with Gasteiger partial charge in [-0.1, -0.05) is 30.4 Å². The topological polar surface area (TPSA) is 116 Å². The summed E-state index contributed by atoms with van der Waals surface area (Å²) < 4.78 is 1.82. The molecule has 9 heteroatoms. The van der Waals surface area contributed by atoms with Gasteiger partial charge < -0.3 is 15.3 Å². The van der Waals surface area contributed by atoms with Gasteiger partial charge in [-0.2, -0.15) is 5.10 Å². The number of carbonyl (C=O) groups excluding carboxylic acids is 3. The molecule has 1 fully saturated rings. The Morgan fingerprint density at radius 3 is 2.69 bits per heavy atom. The maximum absolute atomic E-state index is 11.5. The highest BCUT2D eigenvalue weighted by molar-refractivity contribution is 6.04. The number of benzene rings is 1. The largest absolute Gasteiger partial charge is 0.508 e. The molecule has 36 heavy (non-hydrogen) atoms. The highest BCUT2D eigenvalue weighted by Crippen LogP contribution is 2.25. The third-order valence-corrected chi connectivity index (χ3v) is 5.65. The van der Waals surface area contributed by atoms with Crippen LogP contribution < -0.4 is 10.6 Å². The molecule has 1 atom stereocenters. The van der Waals surface area contributed by atoms with E-state index in [1.807, 2.05) is 60.3 Å². The highest BCUT2D eigenvalue weighted by Gasteiger charge is 2.28. The molecule has 0 saturated carbocycles. The minimum Gasteiger partial charge on any atom is -0.508 e. The lowest BCUT2D eigenvalue weighted by atomic mass is 10.1. The number of aromatic hydroxyl groups is 1. The van der Waals surface area contributed by atoms with Gasteiger partial charge in [0.05, 0.1) is 11.7 Å². The first-order chi connectivity index (χ1) is 17.4. The second-order valence-electron chi connectivity index (χ2n) is 7.99. The highest BCUT2D eigenvalue weighted by atomic mass is 16.3. The number of pyridine rings is 1. The summed E-state index contributed by atoms with van der Waals surface area (Å²) >= 11 is 0. The molecule has 2 aliphatic rings. The molecule has 1 aromatic carbocycles. The van der Waals surface area contributed by atoms with Crippen molar-refractivity contribution in [3.8, 4) is 18.6 Å². The SMILES string of the molecule is C#C.C/C=C(\C=C/CC1NC(=O)NC1=O)c1cnn2ccccc12.CN1Cc2ccc(O)cc2C1=O. The maximum atomic E-state index is 11.5. The Morgan fingerprint density at radius 1 is 1.22 bits per heavy atom. The van der Waals surface area contributed by atoms with Gasteiger partial charge in [-0.25, -0.2) is 9.31 Å². The van der Waals surface area contributed by atoms with Crippen molar-refractivity contribution in [3.63, 3.8) is 0 Å². The van der Waals surface area contributed by atoms with Crippen molar-refractivity contribution >= 4 is 28.9 Å². The number of carbonyl (C=O) groups is 3. The molecule has 0 bridgehead atoms. The number of aromatic nitrogens is 2. The van der Waals surface area contributed by atoms with E-state index in [0.717, 1.165) is 22.2 Å². The lowest BCUT2D eigenvalue weighted by molar-refractivity contribution is -0.120. The minimum absolute atomic E-state index is 0.0131. The van der Waals surface area contributed by atoms with Gasteiger partial charge in [0.1, 0.15) is 11.8 Å². The Hall–Kier alpha value is -4.84. The van der Waals surface area contributed by atoms with Crippen LogP contribution in [-0.2, 0) is 11.3 Å². The molecule has 2 aliphatic heterocycles. The van der Waals surface area contributed by atoms with E-state index < -0.39 is 12.1 Å². The predicted molar refractivity (Wildman–Crippen MR) is 137 cm³/mol. The number of amides is 4. The average molecular weight is 486 g/mol. The van der Waals surface area contributed by atoms with Crippen molar-refractivity contribution in [3.05, 3.63) is 83.7 Å². The van der Waals surface area contributed by atoms with E-state index in [1.165, 1.54) is 6.07 Å². The molecule has 0 radical (unpaired) electrons. The van der Waals surface area contributed by atoms with E-state index in [2.05, 4.69) is 28.6 Å². The van der Waals surface area contributed by atoms with Gasteiger partial charge >= 0.3 is 6.03 Å². The summed E-state index contributed by atoms with van der Waals surface area (Å²) in [4.78, 5) is 35.5. The van der Waals surface area contributed by atoms with E-state index in [-0.39, 0.29) is 17.6 Å². The van der Waals surface area contributed by atoms with Gasteiger partial charge in [0.15, 0.2) is 0 Å². The third kappa shape index (κ3) is 5.62. The Morgan fingerprint density at radius 2 is 2.00 bits per heavy atom. The lowest BCUT2D eigenvalue weighted by Gasteiger charge is -2.04. The first-order valence-electron chi connectivity index (χ1n) is 11.1. The van der Waals surface area contributed by atoms with Gasteiger partial charge in [0.25, 0.3) is 11.8 Å². The number of fused-ring (bicyclic) bond motifs is 2. The van der Waals surface area contributed by atoms with Crippen LogP contribution in [0.1, 0.15) is 34.8 Å². The average Bonchev–Trinajstić information content (AvgIpc) is 3.54. The molecule has 9 nitrogen and oxygen atoms in total. The normalized spacial score (nSPS) is 16.7. The monoisotopic (exact) mass is 485 g/mol. The number of nitrogens with zero attached hydrogens (tertiary/aromatic N) is 3. The summed E-state index contributed by atoms with van der Waals surface area (Å²) in [5, 5.41) is 18.2. The Bertz CT molecular complexity index is 1370. The van der Waals surface area contributed by atoms with Crippen LogP contribution in [0.5, 0.6) is 5.75 Å². The summed E-state index contributed by atoms with van der Waals surface area (Å²) in [7, 11) is 1.75. The molecule has 4 heterocycles. The number of phenolic OH excluding ortho intramolecular Hbond substituents is 1. The third-order valence-electron chi connectivity index (χ3n) is 5.65. The maximum Gasteiger partial charge on any atom is 0.322 e. The number of allylic oxidation sites excluding steroid dienone is 3. The van der Waals surface area contributed by atoms with Crippen LogP contribution in [-0.4, -0.2) is 50.6 Å². The van der Waals surface area contributed by atoms with Crippen molar-refractivity contribution in [2.45, 2.75) is 25.9 Å². The van der Waals surface area contributed by atoms with Crippen molar-refractivity contribution in [2.75, 3.05) is 7.05 Å². The molecule has 1 unspecified atom stereocenters. The number of urea groups is 1. The smallest absolute Gasteiger partial charge is 0.322 e. The molecular formula is C27H27N5O4. The number of rotatable bonds is 4. The van der Waals surface area contributed by atoms with Crippen LogP contribution in [0.15, 0.2) is 67.0 Å². The fourth-order valence-corrected chi connectivity index (χ4v) is 3.89. The van der Waals surface area contributed by atoms with Gasteiger partial charge in [0.2, 0.25) is 0 Å².